The highest BCUT2D eigenvalue weighted by Crippen LogP contribution is 2.34. The summed E-state index contributed by atoms with van der Waals surface area (Å²) >= 11 is 0. The lowest BCUT2D eigenvalue weighted by atomic mass is 9.81. The molecule has 0 aromatic heterocycles. The summed E-state index contributed by atoms with van der Waals surface area (Å²) in [6, 6.07) is 7.25. The third-order valence-electron chi connectivity index (χ3n) is 3.65. The molecule has 1 aliphatic heterocycles. The van der Waals surface area contributed by atoms with E-state index in [-0.39, 0.29) is 5.91 Å². The summed E-state index contributed by atoms with van der Waals surface area (Å²) in [6.07, 6.45) is 0.781. The minimum absolute atomic E-state index is 0.333. The third-order valence-corrected chi connectivity index (χ3v) is 3.65. The molecule has 21 heavy (non-hydrogen) atoms. The van der Waals surface area contributed by atoms with Gasteiger partial charge in [-0.05, 0) is 25.0 Å². The number of hydrogen-bond donors (Lipinski definition) is 1. The molecule has 1 amide bonds. The maximum absolute atomic E-state index is 12.5. The van der Waals surface area contributed by atoms with Crippen molar-refractivity contribution < 1.29 is 19.0 Å². The van der Waals surface area contributed by atoms with Gasteiger partial charge in [0.1, 0.15) is 16.9 Å². The van der Waals surface area contributed by atoms with Crippen molar-refractivity contribution in [1.82, 2.24) is 0 Å². The first kappa shape index (κ1) is 15.1. The Morgan fingerprint density at radius 1 is 1.33 bits per heavy atom. The van der Waals surface area contributed by atoms with Crippen LogP contribution in [0, 0.1) is 16.7 Å². The van der Waals surface area contributed by atoms with Crippen molar-refractivity contribution in [3.8, 4) is 17.6 Å². The quantitative estimate of drug-likeness (QED) is 0.916. The van der Waals surface area contributed by atoms with Crippen molar-refractivity contribution in [3.05, 3.63) is 18.2 Å². The molecule has 0 atom stereocenters. The first-order chi connectivity index (χ1) is 10.1. The van der Waals surface area contributed by atoms with Crippen molar-refractivity contribution in [1.29, 1.82) is 5.26 Å². The zero-order valence-corrected chi connectivity index (χ0v) is 12.1. The maximum Gasteiger partial charge on any atom is 0.245 e. The van der Waals surface area contributed by atoms with Gasteiger partial charge in [-0.1, -0.05) is 0 Å². The van der Waals surface area contributed by atoms with E-state index in [1.165, 1.54) is 7.11 Å². The smallest absolute Gasteiger partial charge is 0.245 e. The van der Waals surface area contributed by atoms with Crippen molar-refractivity contribution in [2.75, 3.05) is 32.8 Å². The second kappa shape index (κ2) is 6.46. The average molecular weight is 290 g/mol. The number of benzene rings is 1. The molecule has 2 rings (SSSR count). The Morgan fingerprint density at radius 3 is 2.62 bits per heavy atom. The number of carbonyl (C=O) groups excluding carboxylic acids is 1. The first-order valence-electron chi connectivity index (χ1n) is 6.67. The molecule has 1 aromatic rings. The molecular weight excluding hydrogens is 272 g/mol. The van der Waals surface area contributed by atoms with Crippen molar-refractivity contribution in [2.45, 2.75) is 12.8 Å². The minimum Gasteiger partial charge on any atom is -0.497 e. The fraction of sp³-hybridized carbons (Fsp3) is 0.467. The van der Waals surface area contributed by atoms with E-state index in [4.69, 9.17) is 14.2 Å². The Bertz CT molecular complexity index is 559. The van der Waals surface area contributed by atoms with Gasteiger partial charge in [0, 0.05) is 19.3 Å². The third kappa shape index (κ3) is 3.09. The predicted octanol–water partition coefficient (Wildman–Crippen LogP) is 1.96. The van der Waals surface area contributed by atoms with Crippen LogP contribution in [0.2, 0.25) is 0 Å². The van der Waals surface area contributed by atoms with Gasteiger partial charge in [0.2, 0.25) is 5.91 Å². The van der Waals surface area contributed by atoms with Gasteiger partial charge >= 0.3 is 0 Å². The van der Waals surface area contributed by atoms with E-state index in [2.05, 4.69) is 11.4 Å². The average Bonchev–Trinajstić information content (AvgIpc) is 2.55. The molecule has 1 N–H and O–H groups in total. The second-order valence-electron chi connectivity index (χ2n) is 4.83. The number of nitrogens with zero attached hydrogens (tertiary/aromatic N) is 1. The molecule has 0 spiro atoms. The summed E-state index contributed by atoms with van der Waals surface area (Å²) in [5.41, 5.74) is -0.560. The van der Waals surface area contributed by atoms with Crippen LogP contribution in [0.25, 0.3) is 0 Å². The maximum atomic E-state index is 12.5. The summed E-state index contributed by atoms with van der Waals surface area (Å²) in [7, 11) is 3.06. The molecule has 1 fully saturated rings. The Kier molecular flexibility index (Phi) is 4.66. The van der Waals surface area contributed by atoms with Gasteiger partial charge in [-0.3, -0.25) is 4.79 Å². The number of nitriles is 1. The molecule has 0 saturated carbocycles. The Labute approximate surface area is 123 Å². The zero-order valence-electron chi connectivity index (χ0n) is 12.1. The zero-order chi connectivity index (χ0) is 15.3. The highest BCUT2D eigenvalue weighted by molar-refractivity contribution is 5.98. The molecule has 1 heterocycles. The van der Waals surface area contributed by atoms with Crippen LogP contribution in [0.3, 0.4) is 0 Å². The van der Waals surface area contributed by atoms with Crippen LogP contribution in [0.1, 0.15) is 12.8 Å². The minimum atomic E-state index is -1.05. The number of hydrogen-bond acceptors (Lipinski definition) is 5. The van der Waals surface area contributed by atoms with Gasteiger partial charge in [-0.25, -0.2) is 0 Å². The largest absolute Gasteiger partial charge is 0.497 e. The van der Waals surface area contributed by atoms with Crippen LogP contribution in [0.15, 0.2) is 18.2 Å². The summed E-state index contributed by atoms with van der Waals surface area (Å²) in [6.45, 7) is 0.826. The van der Waals surface area contributed by atoms with Crippen LogP contribution in [0.4, 0.5) is 5.69 Å². The van der Waals surface area contributed by atoms with E-state index in [1.807, 2.05) is 0 Å². The number of ether oxygens (including phenoxy) is 3. The number of rotatable bonds is 4. The molecule has 0 radical (unpaired) electrons. The predicted molar refractivity (Wildman–Crippen MR) is 76.3 cm³/mol. The standard InChI is InChI=1S/C15H18N2O4/c1-19-11-3-4-13(20-2)12(9-11)17-14(18)15(10-16)5-7-21-8-6-15/h3-4,9H,5-8H2,1-2H3,(H,17,18). The monoisotopic (exact) mass is 290 g/mol. The topological polar surface area (TPSA) is 80.6 Å². The fourth-order valence-electron chi connectivity index (χ4n) is 2.26. The molecule has 1 aliphatic rings. The Hall–Kier alpha value is -2.26. The van der Waals surface area contributed by atoms with Crippen molar-refractivity contribution in [3.63, 3.8) is 0 Å². The number of carbonyl (C=O) groups is 1. The first-order valence-corrected chi connectivity index (χ1v) is 6.67. The lowest BCUT2D eigenvalue weighted by Crippen LogP contribution is -2.40. The molecule has 112 valence electrons. The summed E-state index contributed by atoms with van der Waals surface area (Å²) < 4.78 is 15.6. The summed E-state index contributed by atoms with van der Waals surface area (Å²) in [5.74, 6) is 0.785. The number of nitrogens with one attached hydrogen (secondary N) is 1. The molecule has 0 unspecified atom stereocenters. The lowest BCUT2D eigenvalue weighted by Gasteiger charge is -2.29. The van der Waals surface area contributed by atoms with Gasteiger partial charge in [-0.15, -0.1) is 0 Å². The summed E-state index contributed by atoms with van der Waals surface area (Å²) in [5, 5.41) is 12.2. The van der Waals surface area contributed by atoms with Gasteiger partial charge in [0.25, 0.3) is 0 Å². The van der Waals surface area contributed by atoms with E-state index >= 15 is 0 Å². The fourth-order valence-corrected chi connectivity index (χ4v) is 2.26. The number of methoxy groups -OCH3 is 2. The van der Waals surface area contributed by atoms with Crippen LogP contribution in [-0.2, 0) is 9.53 Å². The van der Waals surface area contributed by atoms with Crippen LogP contribution in [-0.4, -0.2) is 33.3 Å². The summed E-state index contributed by atoms with van der Waals surface area (Å²) in [4.78, 5) is 12.5. The molecular formula is C15H18N2O4. The number of amides is 1. The SMILES string of the molecule is COc1ccc(OC)c(NC(=O)C2(C#N)CCOCC2)c1. The van der Waals surface area contributed by atoms with Gasteiger partial charge < -0.3 is 19.5 Å². The molecule has 6 nitrogen and oxygen atoms in total. The normalized spacial score (nSPS) is 16.6. The van der Waals surface area contributed by atoms with Gasteiger partial charge in [-0.2, -0.15) is 5.26 Å². The number of anilines is 1. The molecule has 1 saturated heterocycles. The van der Waals surface area contributed by atoms with E-state index in [9.17, 15) is 10.1 Å². The second-order valence-corrected chi connectivity index (χ2v) is 4.83. The van der Waals surface area contributed by atoms with Crippen LogP contribution >= 0.6 is 0 Å². The van der Waals surface area contributed by atoms with E-state index in [0.29, 0.717) is 43.2 Å². The molecule has 1 aromatic carbocycles. The van der Waals surface area contributed by atoms with E-state index in [1.54, 1.807) is 25.3 Å². The highest BCUT2D eigenvalue weighted by atomic mass is 16.5. The van der Waals surface area contributed by atoms with Gasteiger partial charge in [0.15, 0.2) is 0 Å². The van der Waals surface area contributed by atoms with Crippen LogP contribution < -0.4 is 14.8 Å². The van der Waals surface area contributed by atoms with Crippen molar-refractivity contribution in [2.24, 2.45) is 5.41 Å². The van der Waals surface area contributed by atoms with Crippen molar-refractivity contribution >= 4 is 11.6 Å². The van der Waals surface area contributed by atoms with Crippen LogP contribution in [0.5, 0.6) is 11.5 Å². The highest BCUT2D eigenvalue weighted by Gasteiger charge is 2.40. The van der Waals surface area contributed by atoms with Gasteiger partial charge in [0.05, 0.1) is 26.0 Å². The Balaban J connectivity index is 2.24. The lowest BCUT2D eigenvalue weighted by molar-refractivity contribution is -0.126. The molecule has 0 aliphatic carbocycles. The van der Waals surface area contributed by atoms with E-state index in [0.717, 1.165) is 0 Å². The van der Waals surface area contributed by atoms with E-state index < -0.39 is 5.41 Å². The molecule has 6 heteroatoms. The Morgan fingerprint density at radius 2 is 2.05 bits per heavy atom. The molecule has 0 bridgehead atoms.